The van der Waals surface area contributed by atoms with Crippen LogP contribution in [0.15, 0.2) is 71.7 Å². The van der Waals surface area contributed by atoms with Crippen molar-refractivity contribution in [2.24, 2.45) is 0 Å². The highest BCUT2D eigenvalue weighted by molar-refractivity contribution is 6.06. The normalized spacial score (nSPS) is 10.5. The number of unbranched alkanes of at least 4 members (excludes halogenated alkanes) is 1. The molecule has 1 heterocycles. The Morgan fingerprint density at radius 2 is 1.86 bits per heavy atom. The molecule has 0 fully saturated rings. The third-order valence-corrected chi connectivity index (χ3v) is 4.57. The van der Waals surface area contributed by atoms with Crippen molar-refractivity contribution < 1.29 is 9.53 Å². The van der Waals surface area contributed by atoms with Crippen molar-refractivity contribution in [1.82, 2.24) is 4.57 Å². The molecule has 144 valence electrons. The number of anilines is 1. The summed E-state index contributed by atoms with van der Waals surface area (Å²) >= 11 is 0. The van der Waals surface area contributed by atoms with Crippen molar-refractivity contribution in [3.63, 3.8) is 0 Å². The monoisotopic (exact) mass is 376 g/mol. The molecule has 3 aromatic rings. The first-order valence-electron chi connectivity index (χ1n) is 9.38. The summed E-state index contributed by atoms with van der Waals surface area (Å²) in [5, 5.41) is 2.83. The highest BCUT2D eigenvalue weighted by Gasteiger charge is 2.16. The maximum atomic E-state index is 13.1. The van der Waals surface area contributed by atoms with Crippen molar-refractivity contribution in [2.75, 3.05) is 12.4 Å². The smallest absolute Gasteiger partial charge is 0.274 e. The van der Waals surface area contributed by atoms with Crippen molar-refractivity contribution in [3.05, 3.63) is 82.8 Å². The number of carbonyl (C=O) groups excluding carboxylic acids is 1. The van der Waals surface area contributed by atoms with Gasteiger partial charge in [0.05, 0.1) is 7.11 Å². The number of rotatable bonds is 7. The van der Waals surface area contributed by atoms with Crippen LogP contribution < -0.4 is 15.6 Å². The van der Waals surface area contributed by atoms with Crippen LogP contribution in [0.1, 0.15) is 30.1 Å². The predicted octanol–water partition coefficient (Wildman–Crippen LogP) is 4.58. The molecule has 0 aliphatic heterocycles. The lowest BCUT2D eigenvalue weighted by Gasteiger charge is -2.15. The van der Waals surface area contributed by atoms with E-state index >= 15 is 0 Å². The minimum Gasteiger partial charge on any atom is -0.497 e. The second-order valence-corrected chi connectivity index (χ2v) is 6.51. The molecular weight excluding hydrogens is 352 g/mol. The molecule has 0 spiro atoms. The number of aryl methyl sites for hydroxylation is 1. The van der Waals surface area contributed by atoms with E-state index in [0.29, 0.717) is 23.4 Å². The standard InChI is InChI=1S/C23H24N2O3/c1-3-4-14-25-15-13-20(18-11-8-12-19(16-18)28-2)21(23(25)27)24-22(26)17-9-6-5-7-10-17/h5-13,15-16H,3-4,14H2,1-2H3,(H,24,26). The zero-order valence-electron chi connectivity index (χ0n) is 16.1. The summed E-state index contributed by atoms with van der Waals surface area (Å²) in [6, 6.07) is 18.2. The fourth-order valence-corrected chi connectivity index (χ4v) is 3.01. The highest BCUT2D eigenvalue weighted by Crippen LogP contribution is 2.28. The molecule has 1 amide bonds. The maximum absolute atomic E-state index is 13.1. The van der Waals surface area contributed by atoms with Gasteiger partial charge in [0.15, 0.2) is 0 Å². The van der Waals surface area contributed by atoms with Crippen LogP contribution in [0.3, 0.4) is 0 Å². The van der Waals surface area contributed by atoms with E-state index < -0.39 is 0 Å². The molecule has 1 aromatic heterocycles. The van der Waals surface area contributed by atoms with Gasteiger partial charge in [-0.25, -0.2) is 0 Å². The fraction of sp³-hybridized carbons (Fsp3) is 0.217. The lowest BCUT2D eigenvalue weighted by atomic mass is 10.0. The van der Waals surface area contributed by atoms with E-state index in [0.717, 1.165) is 18.4 Å². The Kier molecular flexibility index (Phi) is 6.27. The Labute approximate surface area is 164 Å². The van der Waals surface area contributed by atoms with Crippen molar-refractivity contribution in [2.45, 2.75) is 26.3 Å². The minimum absolute atomic E-state index is 0.210. The summed E-state index contributed by atoms with van der Waals surface area (Å²) in [5.41, 5.74) is 2.05. The zero-order chi connectivity index (χ0) is 19.9. The highest BCUT2D eigenvalue weighted by atomic mass is 16.5. The van der Waals surface area contributed by atoms with Gasteiger partial charge in [0.1, 0.15) is 11.4 Å². The number of hydrogen-bond donors (Lipinski definition) is 1. The van der Waals surface area contributed by atoms with Crippen LogP contribution in [0.25, 0.3) is 11.1 Å². The van der Waals surface area contributed by atoms with Gasteiger partial charge in [0.2, 0.25) is 0 Å². The first kappa shape index (κ1) is 19.4. The number of hydrogen-bond acceptors (Lipinski definition) is 3. The van der Waals surface area contributed by atoms with E-state index in [4.69, 9.17) is 4.74 Å². The molecule has 0 aliphatic rings. The summed E-state index contributed by atoms with van der Waals surface area (Å²) in [5.74, 6) is 0.378. The Balaban J connectivity index is 2.07. The van der Waals surface area contributed by atoms with Crippen LogP contribution in [0.4, 0.5) is 5.69 Å². The molecule has 0 unspecified atom stereocenters. The molecule has 2 aromatic carbocycles. The maximum Gasteiger partial charge on any atom is 0.274 e. The summed E-state index contributed by atoms with van der Waals surface area (Å²) in [7, 11) is 1.60. The molecule has 3 rings (SSSR count). The molecule has 28 heavy (non-hydrogen) atoms. The van der Waals surface area contributed by atoms with Crippen LogP contribution in [-0.4, -0.2) is 17.6 Å². The molecule has 1 N–H and O–H groups in total. The Morgan fingerprint density at radius 3 is 2.57 bits per heavy atom. The van der Waals surface area contributed by atoms with Crippen molar-refractivity contribution >= 4 is 11.6 Å². The third-order valence-electron chi connectivity index (χ3n) is 4.57. The van der Waals surface area contributed by atoms with Gasteiger partial charge in [-0.3, -0.25) is 9.59 Å². The lowest BCUT2D eigenvalue weighted by Crippen LogP contribution is -2.26. The first-order chi connectivity index (χ1) is 13.6. The van der Waals surface area contributed by atoms with Crippen molar-refractivity contribution in [1.29, 1.82) is 0 Å². The van der Waals surface area contributed by atoms with E-state index in [-0.39, 0.29) is 17.2 Å². The molecule has 0 saturated carbocycles. The summed E-state index contributed by atoms with van der Waals surface area (Å²) in [4.78, 5) is 25.8. The third kappa shape index (κ3) is 4.31. The van der Waals surface area contributed by atoms with Crippen LogP contribution >= 0.6 is 0 Å². The van der Waals surface area contributed by atoms with E-state index in [9.17, 15) is 9.59 Å². The van der Waals surface area contributed by atoms with Crippen LogP contribution in [0.2, 0.25) is 0 Å². The molecule has 0 bridgehead atoms. The summed E-state index contributed by atoms with van der Waals surface area (Å²) < 4.78 is 6.95. The molecule has 0 radical (unpaired) electrons. The number of carbonyl (C=O) groups is 1. The summed E-state index contributed by atoms with van der Waals surface area (Å²) in [6.45, 7) is 2.69. The number of pyridine rings is 1. The number of nitrogens with zero attached hydrogens (tertiary/aromatic N) is 1. The molecule has 0 aliphatic carbocycles. The molecule has 0 saturated heterocycles. The molecular formula is C23H24N2O3. The predicted molar refractivity (Wildman–Crippen MR) is 112 cm³/mol. The van der Waals surface area contributed by atoms with Crippen molar-refractivity contribution in [3.8, 4) is 16.9 Å². The second-order valence-electron chi connectivity index (χ2n) is 6.51. The van der Waals surface area contributed by atoms with Gasteiger partial charge in [0, 0.05) is 23.9 Å². The van der Waals surface area contributed by atoms with E-state index in [1.807, 2.05) is 36.4 Å². The average Bonchev–Trinajstić information content (AvgIpc) is 2.74. The number of amides is 1. The Morgan fingerprint density at radius 1 is 1.07 bits per heavy atom. The van der Waals surface area contributed by atoms with Gasteiger partial charge in [-0.2, -0.15) is 0 Å². The van der Waals surface area contributed by atoms with Crippen LogP contribution in [-0.2, 0) is 6.54 Å². The van der Waals surface area contributed by atoms with Gasteiger partial charge in [0.25, 0.3) is 11.5 Å². The van der Waals surface area contributed by atoms with Gasteiger partial charge >= 0.3 is 0 Å². The Hall–Kier alpha value is -3.34. The topological polar surface area (TPSA) is 60.3 Å². The number of benzene rings is 2. The average molecular weight is 376 g/mol. The Bertz CT molecular complexity index is 1010. The minimum atomic E-state index is -0.310. The number of aromatic nitrogens is 1. The molecule has 5 nitrogen and oxygen atoms in total. The zero-order valence-corrected chi connectivity index (χ0v) is 16.1. The lowest BCUT2D eigenvalue weighted by molar-refractivity contribution is 0.102. The van der Waals surface area contributed by atoms with E-state index in [1.165, 1.54) is 0 Å². The van der Waals surface area contributed by atoms with Crippen LogP contribution in [0, 0.1) is 0 Å². The van der Waals surface area contributed by atoms with E-state index in [1.54, 1.807) is 42.1 Å². The molecule has 0 atom stereocenters. The SMILES string of the molecule is CCCCn1ccc(-c2cccc(OC)c2)c(NC(=O)c2ccccc2)c1=O. The number of methoxy groups -OCH3 is 1. The largest absolute Gasteiger partial charge is 0.497 e. The van der Waals surface area contributed by atoms with Gasteiger partial charge in [-0.05, 0) is 42.3 Å². The van der Waals surface area contributed by atoms with Gasteiger partial charge in [-0.1, -0.05) is 43.7 Å². The summed E-state index contributed by atoms with van der Waals surface area (Å²) in [6.07, 6.45) is 3.66. The number of nitrogens with one attached hydrogen (secondary N) is 1. The molecule has 5 heteroatoms. The van der Waals surface area contributed by atoms with Gasteiger partial charge in [-0.15, -0.1) is 0 Å². The quantitative estimate of drug-likeness (QED) is 0.657. The van der Waals surface area contributed by atoms with Gasteiger partial charge < -0.3 is 14.6 Å². The second kappa shape index (κ2) is 9.04. The number of ether oxygens (including phenoxy) is 1. The first-order valence-corrected chi connectivity index (χ1v) is 9.38. The van der Waals surface area contributed by atoms with Crippen LogP contribution in [0.5, 0.6) is 5.75 Å². The fourth-order valence-electron chi connectivity index (χ4n) is 3.01. The van der Waals surface area contributed by atoms with E-state index in [2.05, 4.69) is 12.2 Å².